The van der Waals surface area contributed by atoms with Crippen LogP contribution in [-0.4, -0.2) is 171 Å². The summed E-state index contributed by atoms with van der Waals surface area (Å²) in [5.74, 6) is -6.36. The molecule has 0 bridgehead atoms. The lowest BCUT2D eigenvalue weighted by molar-refractivity contribution is -0.143. The van der Waals surface area contributed by atoms with Gasteiger partial charge in [0.25, 0.3) is 0 Å². The van der Waals surface area contributed by atoms with Crippen molar-refractivity contribution in [3.05, 3.63) is 35.9 Å². The predicted octanol–water partition coefficient (Wildman–Crippen LogP) is -0.0851. The van der Waals surface area contributed by atoms with Gasteiger partial charge in [-0.2, -0.15) is 0 Å². The van der Waals surface area contributed by atoms with E-state index in [9.17, 15) is 47.9 Å². The fourth-order valence-electron chi connectivity index (χ4n) is 6.90. The minimum atomic E-state index is -1.35. The molecule has 5 N–H and O–H groups in total. The maximum atomic E-state index is 13.9. The van der Waals surface area contributed by atoms with Crippen LogP contribution in [0.5, 0.6) is 0 Å². The first-order chi connectivity index (χ1) is 30.6. The van der Waals surface area contributed by atoms with Gasteiger partial charge in [-0.25, -0.2) is 4.79 Å². The van der Waals surface area contributed by atoms with E-state index in [1.165, 1.54) is 28.2 Å². The van der Waals surface area contributed by atoms with Crippen LogP contribution in [0.1, 0.15) is 78.2 Å². The summed E-state index contributed by atoms with van der Waals surface area (Å²) >= 11 is 0. The Kier molecular flexibility index (Phi) is 23.5. The summed E-state index contributed by atoms with van der Waals surface area (Å²) < 4.78 is 9.95. The number of carbonyl (C=O) groups excluding carboxylic acids is 10. The molecule has 0 radical (unpaired) electrons. The summed E-state index contributed by atoms with van der Waals surface area (Å²) in [4.78, 5) is 137. The maximum absolute atomic E-state index is 13.9. The van der Waals surface area contributed by atoms with Crippen molar-refractivity contribution in [3.8, 4) is 0 Å². The van der Waals surface area contributed by atoms with E-state index in [0.29, 0.717) is 12.8 Å². The van der Waals surface area contributed by atoms with Crippen LogP contribution in [0.4, 0.5) is 4.79 Å². The minimum absolute atomic E-state index is 0.0539. The van der Waals surface area contributed by atoms with Crippen LogP contribution >= 0.6 is 0 Å². The Bertz CT molecular complexity index is 1810. The summed E-state index contributed by atoms with van der Waals surface area (Å²) in [5, 5.41) is 13.2. The highest BCUT2D eigenvalue weighted by Gasteiger charge is 2.33. The second-order valence-corrected chi connectivity index (χ2v) is 17.1. The number of methoxy groups -OCH3 is 1. The highest BCUT2D eigenvalue weighted by atomic mass is 16.5. The van der Waals surface area contributed by atoms with Crippen molar-refractivity contribution in [1.29, 1.82) is 0 Å². The molecule has 0 unspecified atom stereocenters. The molecule has 9 amide bonds. The summed E-state index contributed by atoms with van der Waals surface area (Å²) in [7, 11) is 6.52. The number of hydrogen-bond acceptors (Lipinski definition) is 12. The topological polar surface area (TPSA) is 262 Å². The van der Waals surface area contributed by atoms with Gasteiger partial charge in [0.05, 0.1) is 33.3 Å². The Balaban J connectivity index is 2.41. The van der Waals surface area contributed by atoms with Gasteiger partial charge in [-0.3, -0.25) is 43.2 Å². The molecule has 0 aromatic heterocycles. The summed E-state index contributed by atoms with van der Waals surface area (Å²) in [6.45, 7) is 5.48. The number of alkyl carbamates (subject to hydrolysis) is 1. The molecular formula is C44H69N9O12. The van der Waals surface area contributed by atoms with Crippen LogP contribution in [-0.2, 0) is 59.2 Å². The molecule has 1 fully saturated rings. The standard InChI is InChI=1S/C44H69N9O12/c1-28(2)21-33-42(61)52(7)24-36(55)47-32(18-19-39(58)64-9)41(60)51(6)23-35(54)46-31(17-13-14-20-45-44(63)65-27-30-15-11-10-12-16-30)40(59)50(5)25-37(56)48-34(22-29(3)4)43(62)53(8)26-38(57)49-33/h10-12,15-16,28-29,31-34H,13-14,17-27H2,1-9H3,(H,45,63)(H,46,54)(H,47,55)(H,48,56)(H,49,57)/t31-,32-,33-,34-/m0/s1. The lowest BCUT2D eigenvalue weighted by atomic mass is 10.0. The lowest BCUT2D eigenvalue weighted by Gasteiger charge is -2.30. The number of carbonyl (C=O) groups is 10. The molecule has 362 valence electrons. The van der Waals surface area contributed by atoms with E-state index >= 15 is 0 Å². The molecule has 1 aromatic rings. The first kappa shape index (κ1) is 54.9. The molecule has 65 heavy (non-hydrogen) atoms. The van der Waals surface area contributed by atoms with Crippen molar-refractivity contribution < 1.29 is 57.4 Å². The molecule has 0 aliphatic carbocycles. The van der Waals surface area contributed by atoms with E-state index in [1.807, 2.05) is 58.0 Å². The fourth-order valence-corrected chi connectivity index (χ4v) is 6.90. The quantitative estimate of drug-likeness (QED) is 0.121. The zero-order valence-electron chi connectivity index (χ0n) is 39.2. The smallest absolute Gasteiger partial charge is 0.407 e. The van der Waals surface area contributed by atoms with Gasteiger partial charge in [-0.15, -0.1) is 0 Å². The van der Waals surface area contributed by atoms with Gasteiger partial charge in [-0.05, 0) is 55.9 Å². The van der Waals surface area contributed by atoms with Crippen LogP contribution in [0.15, 0.2) is 30.3 Å². The molecule has 0 spiro atoms. The van der Waals surface area contributed by atoms with E-state index in [0.717, 1.165) is 32.3 Å². The number of unbranched alkanes of at least 4 members (excludes halogenated alkanes) is 1. The summed E-state index contributed by atoms with van der Waals surface area (Å²) in [6.07, 6.45) is -0.0359. The molecule has 1 aliphatic heterocycles. The van der Waals surface area contributed by atoms with E-state index in [1.54, 1.807) is 0 Å². The minimum Gasteiger partial charge on any atom is -0.469 e. The molecule has 1 aliphatic rings. The second kappa shape index (κ2) is 27.8. The molecule has 21 nitrogen and oxygen atoms in total. The van der Waals surface area contributed by atoms with E-state index in [4.69, 9.17) is 9.47 Å². The van der Waals surface area contributed by atoms with Gasteiger partial charge < -0.3 is 55.7 Å². The third-order valence-corrected chi connectivity index (χ3v) is 10.2. The number of nitrogens with zero attached hydrogens (tertiary/aromatic N) is 4. The first-order valence-corrected chi connectivity index (χ1v) is 21.8. The number of esters is 1. The SMILES string of the molecule is COC(=O)CC[C@@H]1NC(=O)CN(C)C(=O)[C@H](CC(C)C)NC(=O)CN(C)C(=O)[C@H](CC(C)C)NC(=O)CN(C)C(=O)[C@H](CCCCNC(=O)OCc2ccccc2)NC(=O)CN(C)C1=O. The number of ether oxygens (including phenoxy) is 2. The largest absolute Gasteiger partial charge is 0.469 e. The average molecular weight is 916 g/mol. The Morgan fingerprint density at radius 3 is 1.38 bits per heavy atom. The normalized spacial score (nSPS) is 20.8. The summed E-state index contributed by atoms with van der Waals surface area (Å²) in [5.41, 5.74) is 0.807. The van der Waals surface area contributed by atoms with Crippen molar-refractivity contribution in [3.63, 3.8) is 0 Å². The zero-order valence-corrected chi connectivity index (χ0v) is 39.2. The van der Waals surface area contributed by atoms with Gasteiger partial charge in [0, 0.05) is 41.2 Å². The van der Waals surface area contributed by atoms with Crippen molar-refractivity contribution in [2.45, 2.75) is 103 Å². The number of rotatable bonds is 14. The first-order valence-electron chi connectivity index (χ1n) is 21.8. The van der Waals surface area contributed by atoms with E-state index in [-0.39, 0.29) is 57.1 Å². The van der Waals surface area contributed by atoms with Crippen LogP contribution in [0.2, 0.25) is 0 Å². The van der Waals surface area contributed by atoms with Crippen LogP contribution in [0, 0.1) is 11.8 Å². The van der Waals surface area contributed by atoms with E-state index < -0.39 is 110 Å². The van der Waals surface area contributed by atoms with Gasteiger partial charge in [0.2, 0.25) is 47.3 Å². The molecule has 2 rings (SSSR count). The van der Waals surface area contributed by atoms with E-state index in [2.05, 4.69) is 26.6 Å². The Labute approximate surface area is 381 Å². The summed E-state index contributed by atoms with van der Waals surface area (Å²) in [6, 6.07) is 4.37. The third-order valence-electron chi connectivity index (χ3n) is 10.2. The van der Waals surface area contributed by atoms with Crippen molar-refractivity contribution in [2.24, 2.45) is 11.8 Å². The van der Waals surface area contributed by atoms with Gasteiger partial charge in [-0.1, -0.05) is 58.0 Å². The number of hydrogen-bond donors (Lipinski definition) is 5. The molecule has 4 atom stereocenters. The van der Waals surface area contributed by atoms with Gasteiger partial charge >= 0.3 is 12.1 Å². The predicted molar refractivity (Wildman–Crippen MR) is 237 cm³/mol. The maximum Gasteiger partial charge on any atom is 0.407 e. The molecule has 21 heteroatoms. The second-order valence-electron chi connectivity index (χ2n) is 17.1. The Morgan fingerprint density at radius 1 is 0.600 bits per heavy atom. The molecule has 1 aromatic carbocycles. The number of likely N-dealkylation sites (N-methyl/N-ethyl adjacent to an activating group) is 4. The van der Waals surface area contributed by atoms with Gasteiger partial charge in [0.1, 0.15) is 30.8 Å². The zero-order chi connectivity index (χ0) is 48.8. The van der Waals surface area contributed by atoms with Crippen LogP contribution in [0.3, 0.4) is 0 Å². The van der Waals surface area contributed by atoms with Crippen molar-refractivity contribution in [1.82, 2.24) is 46.2 Å². The number of amides is 9. The average Bonchev–Trinajstić information content (AvgIpc) is 3.24. The Hall–Kier alpha value is -6.28. The molecule has 1 saturated heterocycles. The molecule has 1 heterocycles. The number of nitrogens with one attached hydrogen (secondary N) is 5. The lowest BCUT2D eigenvalue weighted by Crippen LogP contribution is -2.56. The third kappa shape index (κ3) is 20.4. The van der Waals surface area contributed by atoms with Crippen molar-refractivity contribution in [2.75, 3.05) is 68.0 Å². The monoisotopic (exact) mass is 916 g/mol. The fraction of sp³-hybridized carbons (Fsp3) is 0.636. The van der Waals surface area contributed by atoms with Gasteiger partial charge in [0.15, 0.2) is 0 Å². The molecule has 0 saturated carbocycles. The van der Waals surface area contributed by atoms with Crippen LogP contribution < -0.4 is 26.6 Å². The van der Waals surface area contributed by atoms with Crippen LogP contribution in [0.25, 0.3) is 0 Å². The number of benzene rings is 1. The molecular weight excluding hydrogens is 847 g/mol. The highest BCUT2D eigenvalue weighted by molar-refractivity contribution is 5.96. The Morgan fingerprint density at radius 2 is 0.985 bits per heavy atom. The van der Waals surface area contributed by atoms with Crippen molar-refractivity contribution >= 4 is 59.3 Å². The highest BCUT2D eigenvalue weighted by Crippen LogP contribution is 2.12.